The van der Waals surface area contributed by atoms with E-state index in [9.17, 15) is 14.4 Å². The molecule has 5 N–H and O–H groups in total. The molecule has 0 aromatic rings. The van der Waals surface area contributed by atoms with Gasteiger partial charge in [-0.1, -0.05) is 27.7 Å². The normalized spacial score (nSPS) is 13.9. The quantitative estimate of drug-likeness (QED) is 0.481. The summed E-state index contributed by atoms with van der Waals surface area (Å²) in [5.74, 6) is -1.61. The fourth-order valence-corrected chi connectivity index (χ4v) is 1.85. The van der Waals surface area contributed by atoms with Crippen molar-refractivity contribution in [3.63, 3.8) is 0 Å². The van der Waals surface area contributed by atoms with Crippen LogP contribution in [-0.2, 0) is 14.4 Å². The van der Waals surface area contributed by atoms with Crippen molar-refractivity contribution >= 4 is 17.8 Å². The Morgan fingerprint density at radius 2 is 1.57 bits per heavy atom. The van der Waals surface area contributed by atoms with Crippen molar-refractivity contribution in [3.8, 4) is 0 Å². The molecule has 0 unspecified atom stereocenters. The van der Waals surface area contributed by atoms with Crippen molar-refractivity contribution in [2.24, 2.45) is 17.6 Å². The third-order valence-corrected chi connectivity index (χ3v) is 2.83. The van der Waals surface area contributed by atoms with E-state index in [2.05, 4.69) is 10.6 Å². The summed E-state index contributed by atoms with van der Waals surface area (Å²) in [5, 5.41) is 13.8. The molecule has 7 heteroatoms. The first-order chi connectivity index (χ1) is 9.63. The van der Waals surface area contributed by atoms with E-state index in [1.807, 2.05) is 27.7 Å². The molecule has 0 aromatic heterocycles. The number of carbonyl (C=O) groups excluding carboxylic acids is 2. The number of aliphatic carboxylic acids is 1. The van der Waals surface area contributed by atoms with Gasteiger partial charge in [0, 0.05) is 0 Å². The maximum atomic E-state index is 11.7. The van der Waals surface area contributed by atoms with Gasteiger partial charge in [0.15, 0.2) is 0 Å². The molecule has 0 aliphatic heterocycles. The largest absolute Gasteiger partial charge is 0.480 e. The van der Waals surface area contributed by atoms with Crippen LogP contribution < -0.4 is 16.4 Å². The molecule has 0 heterocycles. The molecular weight excluding hydrogens is 274 g/mol. The standard InChI is InChI=1S/C14H27N3O4/c1-8(2)5-10(15)13(19)16-7-12(18)17-11(14(20)21)6-9(3)4/h8-11H,5-7,15H2,1-4H3,(H,16,19)(H,17,18)(H,20,21)/t10-,11+/m0/s1. The Labute approximate surface area is 125 Å². The minimum atomic E-state index is -1.08. The first-order valence-corrected chi connectivity index (χ1v) is 7.18. The van der Waals surface area contributed by atoms with E-state index >= 15 is 0 Å². The Bertz CT molecular complexity index is 369. The molecule has 7 nitrogen and oxygen atoms in total. The van der Waals surface area contributed by atoms with Gasteiger partial charge < -0.3 is 21.5 Å². The number of carboxylic acids is 1. The predicted molar refractivity (Wildman–Crippen MR) is 79.5 cm³/mol. The topological polar surface area (TPSA) is 122 Å². The van der Waals surface area contributed by atoms with E-state index in [4.69, 9.17) is 10.8 Å². The molecule has 0 saturated heterocycles. The minimum absolute atomic E-state index is 0.139. The number of rotatable bonds is 9. The molecule has 0 aliphatic carbocycles. The van der Waals surface area contributed by atoms with Gasteiger partial charge in [-0.3, -0.25) is 9.59 Å². The van der Waals surface area contributed by atoms with Gasteiger partial charge in [-0.05, 0) is 24.7 Å². The molecular formula is C14H27N3O4. The molecule has 0 saturated carbocycles. The molecule has 0 bridgehead atoms. The fraction of sp³-hybridized carbons (Fsp3) is 0.786. The van der Waals surface area contributed by atoms with Crippen molar-refractivity contribution in [1.82, 2.24) is 10.6 Å². The van der Waals surface area contributed by atoms with Gasteiger partial charge >= 0.3 is 5.97 Å². The van der Waals surface area contributed by atoms with Crippen LogP contribution in [0.25, 0.3) is 0 Å². The third-order valence-electron chi connectivity index (χ3n) is 2.83. The molecule has 2 atom stereocenters. The smallest absolute Gasteiger partial charge is 0.326 e. The van der Waals surface area contributed by atoms with Gasteiger partial charge in [0.25, 0.3) is 0 Å². The highest BCUT2D eigenvalue weighted by Gasteiger charge is 2.22. The Morgan fingerprint density at radius 3 is 2.00 bits per heavy atom. The zero-order valence-corrected chi connectivity index (χ0v) is 13.2. The number of carboxylic acid groups (broad SMARTS) is 1. The Balaban J connectivity index is 4.24. The summed E-state index contributed by atoms with van der Waals surface area (Å²) in [6, 6.07) is -1.61. The summed E-state index contributed by atoms with van der Waals surface area (Å²) in [6.45, 7) is 7.36. The molecule has 2 amide bonds. The average Bonchev–Trinajstić information content (AvgIpc) is 2.33. The van der Waals surface area contributed by atoms with Gasteiger partial charge in [-0.2, -0.15) is 0 Å². The monoisotopic (exact) mass is 301 g/mol. The fourth-order valence-electron chi connectivity index (χ4n) is 1.85. The van der Waals surface area contributed by atoms with Crippen molar-refractivity contribution in [2.45, 2.75) is 52.6 Å². The lowest BCUT2D eigenvalue weighted by Gasteiger charge is -2.17. The summed E-state index contributed by atoms with van der Waals surface area (Å²) >= 11 is 0. The molecule has 0 aliphatic rings. The zero-order valence-electron chi connectivity index (χ0n) is 13.2. The van der Waals surface area contributed by atoms with Crippen molar-refractivity contribution in [1.29, 1.82) is 0 Å². The van der Waals surface area contributed by atoms with Crippen LogP contribution in [-0.4, -0.2) is 41.5 Å². The van der Waals surface area contributed by atoms with Crippen molar-refractivity contribution in [3.05, 3.63) is 0 Å². The minimum Gasteiger partial charge on any atom is -0.480 e. The second kappa shape index (κ2) is 9.33. The zero-order chi connectivity index (χ0) is 16.6. The number of hydrogen-bond donors (Lipinski definition) is 4. The number of carbonyl (C=O) groups is 3. The Hall–Kier alpha value is -1.63. The maximum absolute atomic E-state index is 11.7. The summed E-state index contributed by atoms with van der Waals surface area (Å²) < 4.78 is 0. The van der Waals surface area contributed by atoms with Crippen molar-refractivity contribution < 1.29 is 19.5 Å². The van der Waals surface area contributed by atoms with Crippen LogP contribution >= 0.6 is 0 Å². The average molecular weight is 301 g/mol. The third kappa shape index (κ3) is 9.01. The predicted octanol–water partition coefficient (Wildman–Crippen LogP) is 0.0915. The van der Waals surface area contributed by atoms with Crippen LogP contribution in [0.4, 0.5) is 0 Å². The van der Waals surface area contributed by atoms with E-state index in [-0.39, 0.29) is 18.4 Å². The lowest BCUT2D eigenvalue weighted by molar-refractivity contribution is -0.142. The van der Waals surface area contributed by atoms with Gasteiger partial charge in [-0.25, -0.2) is 4.79 Å². The maximum Gasteiger partial charge on any atom is 0.326 e. The van der Waals surface area contributed by atoms with Crippen LogP contribution in [0.15, 0.2) is 0 Å². The van der Waals surface area contributed by atoms with Crippen molar-refractivity contribution in [2.75, 3.05) is 6.54 Å². The molecule has 0 radical (unpaired) electrons. The number of nitrogens with one attached hydrogen (secondary N) is 2. The highest BCUT2D eigenvalue weighted by molar-refractivity contribution is 5.89. The van der Waals surface area contributed by atoms with Gasteiger partial charge in [0.05, 0.1) is 12.6 Å². The van der Waals surface area contributed by atoms with Crippen LogP contribution in [0.2, 0.25) is 0 Å². The summed E-state index contributed by atoms with van der Waals surface area (Å²) in [7, 11) is 0. The Morgan fingerprint density at radius 1 is 1.05 bits per heavy atom. The van der Waals surface area contributed by atoms with Crippen LogP contribution in [0.1, 0.15) is 40.5 Å². The molecule has 0 rings (SSSR count). The van der Waals surface area contributed by atoms with Crippen LogP contribution in [0, 0.1) is 11.8 Å². The van der Waals surface area contributed by atoms with Crippen LogP contribution in [0.5, 0.6) is 0 Å². The SMILES string of the molecule is CC(C)C[C@H](N)C(=O)NCC(=O)N[C@H](CC(C)C)C(=O)O. The number of amides is 2. The first-order valence-electron chi connectivity index (χ1n) is 7.18. The van der Waals surface area contributed by atoms with E-state index in [0.717, 1.165) is 0 Å². The highest BCUT2D eigenvalue weighted by atomic mass is 16.4. The number of hydrogen-bond acceptors (Lipinski definition) is 4. The lowest BCUT2D eigenvalue weighted by Crippen LogP contribution is -2.49. The Kier molecular flexibility index (Phi) is 8.61. The molecule has 0 fully saturated rings. The van der Waals surface area contributed by atoms with Gasteiger partial charge in [0.2, 0.25) is 11.8 Å². The summed E-state index contributed by atoms with van der Waals surface area (Å²) in [5.41, 5.74) is 5.68. The second-order valence-electron chi connectivity index (χ2n) is 6.04. The molecule has 0 aromatic carbocycles. The molecule has 0 spiro atoms. The summed E-state index contributed by atoms with van der Waals surface area (Å²) in [6.07, 6.45) is 0.862. The summed E-state index contributed by atoms with van der Waals surface area (Å²) in [4.78, 5) is 34.3. The van der Waals surface area contributed by atoms with E-state index in [0.29, 0.717) is 12.8 Å². The molecule has 21 heavy (non-hydrogen) atoms. The van der Waals surface area contributed by atoms with Gasteiger partial charge in [-0.15, -0.1) is 0 Å². The van der Waals surface area contributed by atoms with E-state index in [1.165, 1.54) is 0 Å². The second-order valence-corrected chi connectivity index (χ2v) is 6.04. The van der Waals surface area contributed by atoms with E-state index in [1.54, 1.807) is 0 Å². The van der Waals surface area contributed by atoms with Crippen LogP contribution in [0.3, 0.4) is 0 Å². The highest BCUT2D eigenvalue weighted by Crippen LogP contribution is 2.05. The first kappa shape index (κ1) is 19.4. The number of nitrogens with two attached hydrogens (primary N) is 1. The van der Waals surface area contributed by atoms with Gasteiger partial charge in [0.1, 0.15) is 6.04 Å². The van der Waals surface area contributed by atoms with E-state index < -0.39 is 29.9 Å². The molecule has 122 valence electrons. The lowest BCUT2D eigenvalue weighted by atomic mass is 10.0.